The van der Waals surface area contributed by atoms with Crippen molar-refractivity contribution in [3.63, 3.8) is 0 Å². The minimum absolute atomic E-state index is 0.134. The highest BCUT2D eigenvalue weighted by Crippen LogP contribution is 2.28. The number of amides is 1. The summed E-state index contributed by atoms with van der Waals surface area (Å²) >= 11 is 1.66. The Hall–Kier alpha value is -2.68. The van der Waals surface area contributed by atoms with Crippen molar-refractivity contribution >= 4 is 27.3 Å². The Morgan fingerprint density at radius 3 is 2.83 bits per heavy atom. The maximum Gasteiger partial charge on any atom is 0.251 e. The minimum Gasteiger partial charge on any atom is -0.497 e. The third-order valence-corrected chi connectivity index (χ3v) is 7.96. The van der Waals surface area contributed by atoms with E-state index in [0.717, 1.165) is 11.1 Å². The number of fused-ring (bicyclic) bond motifs is 1. The number of benzene rings is 2. The van der Waals surface area contributed by atoms with Gasteiger partial charge in [-0.05, 0) is 59.3 Å². The maximum atomic E-state index is 13.1. The van der Waals surface area contributed by atoms with Crippen molar-refractivity contribution in [1.29, 1.82) is 0 Å². The first-order chi connectivity index (χ1) is 14.5. The quantitative estimate of drug-likeness (QED) is 0.635. The van der Waals surface area contributed by atoms with Gasteiger partial charge in [-0.2, -0.15) is 4.31 Å². The molecular weight excluding hydrogens is 420 g/mol. The van der Waals surface area contributed by atoms with Crippen LogP contribution in [0.3, 0.4) is 0 Å². The van der Waals surface area contributed by atoms with Crippen molar-refractivity contribution in [2.24, 2.45) is 0 Å². The first kappa shape index (κ1) is 20.6. The Kier molecular flexibility index (Phi) is 5.90. The largest absolute Gasteiger partial charge is 0.497 e. The van der Waals surface area contributed by atoms with Crippen molar-refractivity contribution < 1.29 is 17.9 Å². The lowest BCUT2D eigenvalue weighted by atomic mass is 10.1. The second-order valence-electron chi connectivity index (χ2n) is 7.02. The molecule has 1 aliphatic rings. The molecule has 2 heterocycles. The third kappa shape index (κ3) is 4.26. The smallest absolute Gasteiger partial charge is 0.251 e. The number of methoxy groups -OCH3 is 1. The zero-order valence-electron chi connectivity index (χ0n) is 16.5. The molecule has 0 saturated heterocycles. The van der Waals surface area contributed by atoms with Gasteiger partial charge in [0, 0.05) is 30.1 Å². The second kappa shape index (κ2) is 8.59. The number of nitrogens with zero attached hydrogens (tertiary/aromatic N) is 1. The number of sulfonamides is 1. The van der Waals surface area contributed by atoms with E-state index < -0.39 is 10.0 Å². The summed E-state index contributed by atoms with van der Waals surface area (Å²) in [7, 11) is -2.08. The molecule has 8 heteroatoms. The molecule has 1 aliphatic heterocycles. The number of carbonyl (C=O) groups is 1. The van der Waals surface area contributed by atoms with E-state index in [1.54, 1.807) is 30.6 Å². The van der Waals surface area contributed by atoms with E-state index >= 15 is 0 Å². The monoisotopic (exact) mass is 442 g/mol. The Labute approximate surface area is 180 Å². The average Bonchev–Trinajstić information content (AvgIpc) is 3.25. The number of carbonyl (C=O) groups excluding carboxylic acids is 1. The third-order valence-electron chi connectivity index (χ3n) is 5.09. The van der Waals surface area contributed by atoms with Crippen molar-refractivity contribution in [2.75, 3.05) is 13.7 Å². The second-order valence-corrected chi connectivity index (χ2v) is 9.96. The molecule has 0 bridgehead atoms. The standard InChI is InChI=1S/C22H22N2O4S2/c1-28-19-6-2-4-16(12-19)14-23-22(25)17-5-3-7-20(13-17)30(26,27)24-10-8-21-18(15-24)9-11-29-21/h2-7,9,11-13H,8,10,14-15H2,1H3,(H,23,25). The van der Waals surface area contributed by atoms with Crippen LogP contribution in [0, 0.1) is 0 Å². The van der Waals surface area contributed by atoms with Gasteiger partial charge in [0.15, 0.2) is 0 Å². The normalized spacial score (nSPS) is 14.2. The summed E-state index contributed by atoms with van der Waals surface area (Å²) in [6.45, 7) is 1.13. The number of hydrogen-bond acceptors (Lipinski definition) is 5. The molecule has 0 radical (unpaired) electrons. The van der Waals surface area contributed by atoms with Crippen molar-refractivity contribution in [3.8, 4) is 5.75 Å². The Morgan fingerprint density at radius 2 is 2.00 bits per heavy atom. The lowest BCUT2D eigenvalue weighted by Gasteiger charge is -2.26. The van der Waals surface area contributed by atoms with Gasteiger partial charge in [-0.15, -0.1) is 11.3 Å². The molecule has 1 aromatic heterocycles. The lowest BCUT2D eigenvalue weighted by Crippen LogP contribution is -2.35. The Balaban J connectivity index is 1.48. The summed E-state index contributed by atoms with van der Waals surface area (Å²) in [6, 6.07) is 15.6. The fraction of sp³-hybridized carbons (Fsp3) is 0.227. The van der Waals surface area contributed by atoms with Gasteiger partial charge in [0.25, 0.3) is 5.91 Å². The fourth-order valence-electron chi connectivity index (χ4n) is 3.44. The van der Waals surface area contributed by atoms with Gasteiger partial charge < -0.3 is 10.1 Å². The van der Waals surface area contributed by atoms with Gasteiger partial charge >= 0.3 is 0 Å². The molecule has 1 N–H and O–H groups in total. The zero-order valence-corrected chi connectivity index (χ0v) is 18.1. The summed E-state index contributed by atoms with van der Waals surface area (Å²) in [5.74, 6) is 0.388. The van der Waals surface area contributed by atoms with E-state index in [2.05, 4.69) is 5.32 Å². The van der Waals surface area contributed by atoms with Crippen molar-refractivity contribution in [1.82, 2.24) is 9.62 Å². The topological polar surface area (TPSA) is 75.7 Å². The van der Waals surface area contributed by atoms with E-state index in [4.69, 9.17) is 4.74 Å². The van der Waals surface area contributed by atoms with Gasteiger partial charge in [0.05, 0.1) is 12.0 Å². The number of thiophene rings is 1. The first-order valence-corrected chi connectivity index (χ1v) is 11.9. The fourth-order valence-corrected chi connectivity index (χ4v) is 5.80. The van der Waals surface area contributed by atoms with Crippen LogP contribution < -0.4 is 10.1 Å². The molecule has 0 atom stereocenters. The Morgan fingerprint density at radius 1 is 1.17 bits per heavy atom. The minimum atomic E-state index is -3.67. The molecule has 0 saturated carbocycles. The summed E-state index contributed by atoms with van der Waals surface area (Å²) in [5, 5.41) is 4.83. The molecule has 0 fully saturated rings. The molecule has 3 aromatic rings. The number of rotatable bonds is 6. The van der Waals surface area contributed by atoms with E-state index in [1.807, 2.05) is 35.7 Å². The zero-order chi connectivity index (χ0) is 21.1. The SMILES string of the molecule is COc1cccc(CNC(=O)c2cccc(S(=O)(=O)N3CCc4sccc4C3)c2)c1. The lowest BCUT2D eigenvalue weighted by molar-refractivity contribution is 0.0950. The van der Waals surface area contributed by atoms with Gasteiger partial charge in [-0.25, -0.2) is 8.42 Å². The van der Waals surface area contributed by atoms with Crippen LogP contribution in [-0.2, 0) is 29.5 Å². The van der Waals surface area contributed by atoms with Crippen LogP contribution in [0.15, 0.2) is 64.9 Å². The van der Waals surface area contributed by atoms with Crippen LogP contribution in [0.4, 0.5) is 0 Å². The van der Waals surface area contributed by atoms with Crippen LogP contribution in [-0.4, -0.2) is 32.3 Å². The van der Waals surface area contributed by atoms with E-state index in [1.165, 1.54) is 21.3 Å². The van der Waals surface area contributed by atoms with E-state index in [0.29, 0.717) is 37.4 Å². The van der Waals surface area contributed by atoms with Crippen LogP contribution >= 0.6 is 11.3 Å². The molecular formula is C22H22N2O4S2. The summed E-state index contributed by atoms with van der Waals surface area (Å²) < 4.78 is 32.9. The molecule has 1 amide bonds. The number of ether oxygens (including phenoxy) is 1. The highest BCUT2D eigenvalue weighted by Gasteiger charge is 2.29. The van der Waals surface area contributed by atoms with E-state index in [-0.39, 0.29) is 10.8 Å². The van der Waals surface area contributed by atoms with Gasteiger partial charge in [-0.3, -0.25) is 4.79 Å². The molecule has 156 valence electrons. The molecule has 0 spiro atoms. The summed E-state index contributed by atoms with van der Waals surface area (Å²) in [6.07, 6.45) is 0.715. The predicted molar refractivity (Wildman–Crippen MR) is 116 cm³/mol. The van der Waals surface area contributed by atoms with Crippen LogP contribution in [0.2, 0.25) is 0 Å². The highest BCUT2D eigenvalue weighted by atomic mass is 32.2. The Bertz CT molecular complexity index is 1170. The van der Waals surface area contributed by atoms with Gasteiger partial charge in [0.1, 0.15) is 5.75 Å². The van der Waals surface area contributed by atoms with Crippen LogP contribution in [0.5, 0.6) is 5.75 Å². The highest BCUT2D eigenvalue weighted by molar-refractivity contribution is 7.89. The molecule has 4 rings (SSSR count). The van der Waals surface area contributed by atoms with Crippen LogP contribution in [0.25, 0.3) is 0 Å². The molecule has 6 nitrogen and oxygen atoms in total. The number of nitrogens with one attached hydrogen (secondary N) is 1. The van der Waals surface area contributed by atoms with Crippen molar-refractivity contribution in [3.05, 3.63) is 81.5 Å². The molecule has 2 aromatic carbocycles. The molecule has 30 heavy (non-hydrogen) atoms. The van der Waals surface area contributed by atoms with Gasteiger partial charge in [-0.1, -0.05) is 18.2 Å². The summed E-state index contributed by atoms with van der Waals surface area (Å²) in [4.78, 5) is 14.0. The first-order valence-electron chi connectivity index (χ1n) is 9.54. The van der Waals surface area contributed by atoms with E-state index in [9.17, 15) is 13.2 Å². The van der Waals surface area contributed by atoms with Crippen molar-refractivity contribution in [2.45, 2.75) is 24.4 Å². The van der Waals surface area contributed by atoms with Gasteiger partial charge in [0.2, 0.25) is 10.0 Å². The van der Waals surface area contributed by atoms with Crippen LogP contribution in [0.1, 0.15) is 26.4 Å². The summed E-state index contributed by atoms with van der Waals surface area (Å²) in [5.41, 5.74) is 2.26. The molecule has 0 aliphatic carbocycles. The maximum absolute atomic E-state index is 13.1. The predicted octanol–water partition coefficient (Wildman–Crippen LogP) is 3.43. The number of hydrogen-bond donors (Lipinski definition) is 1. The average molecular weight is 443 g/mol. The molecule has 0 unspecified atom stereocenters.